The molecule has 1 aromatic rings. The van der Waals surface area contributed by atoms with Gasteiger partial charge in [0.25, 0.3) is 0 Å². The summed E-state index contributed by atoms with van der Waals surface area (Å²) < 4.78 is 0. The van der Waals surface area contributed by atoms with Gasteiger partial charge < -0.3 is 5.32 Å². The van der Waals surface area contributed by atoms with Crippen molar-refractivity contribution >= 4 is 0 Å². The van der Waals surface area contributed by atoms with E-state index in [0.29, 0.717) is 6.04 Å². The zero-order chi connectivity index (χ0) is 12.8. The molecule has 100 valence electrons. The fourth-order valence-electron chi connectivity index (χ4n) is 2.66. The summed E-state index contributed by atoms with van der Waals surface area (Å²) in [5, 5.41) is 3.65. The van der Waals surface area contributed by atoms with E-state index < -0.39 is 0 Å². The first-order valence-electron chi connectivity index (χ1n) is 7.62. The standard InChI is InChI=1S/C17H27N/c1-3-5-15-8-10-17(11-9-15)14(2)18-13-12-16-6-4-7-16/h8-11,14,16,18H,3-7,12-13H2,1-2H3. The first-order chi connectivity index (χ1) is 8.79. The molecule has 18 heavy (non-hydrogen) atoms. The number of hydrogen-bond donors (Lipinski definition) is 1. The van der Waals surface area contributed by atoms with Crippen LogP contribution in [0.25, 0.3) is 0 Å². The highest BCUT2D eigenvalue weighted by Gasteiger charge is 2.16. The SMILES string of the molecule is CCCc1ccc(C(C)NCCC2CCC2)cc1. The Labute approximate surface area is 112 Å². The minimum absolute atomic E-state index is 0.487. The van der Waals surface area contributed by atoms with Crippen LogP contribution in [0.4, 0.5) is 0 Å². The van der Waals surface area contributed by atoms with Gasteiger partial charge in [0.2, 0.25) is 0 Å². The Bertz CT molecular complexity index is 337. The predicted octanol–water partition coefficient (Wildman–Crippen LogP) is 4.48. The molecule has 0 aliphatic heterocycles. The lowest BCUT2D eigenvalue weighted by Gasteiger charge is -2.26. The Kier molecular flexibility index (Phi) is 5.25. The molecule has 0 radical (unpaired) electrons. The summed E-state index contributed by atoms with van der Waals surface area (Å²) >= 11 is 0. The molecule has 1 aromatic carbocycles. The molecular formula is C17H27N. The molecule has 1 atom stereocenters. The van der Waals surface area contributed by atoms with Crippen LogP contribution in [-0.4, -0.2) is 6.54 Å². The van der Waals surface area contributed by atoms with Gasteiger partial charge in [-0.2, -0.15) is 0 Å². The Hall–Kier alpha value is -0.820. The van der Waals surface area contributed by atoms with Crippen molar-refractivity contribution in [2.75, 3.05) is 6.54 Å². The average molecular weight is 245 g/mol. The number of rotatable bonds is 7. The largest absolute Gasteiger partial charge is 0.310 e. The Morgan fingerprint density at radius 1 is 1.22 bits per heavy atom. The molecule has 0 saturated heterocycles. The third-order valence-corrected chi connectivity index (χ3v) is 4.25. The van der Waals surface area contributed by atoms with Gasteiger partial charge in [0.1, 0.15) is 0 Å². The summed E-state index contributed by atoms with van der Waals surface area (Å²) in [4.78, 5) is 0. The van der Waals surface area contributed by atoms with Crippen molar-refractivity contribution in [3.05, 3.63) is 35.4 Å². The van der Waals surface area contributed by atoms with Crippen molar-refractivity contribution in [2.45, 2.75) is 58.4 Å². The Morgan fingerprint density at radius 2 is 1.94 bits per heavy atom. The van der Waals surface area contributed by atoms with Gasteiger partial charge in [-0.3, -0.25) is 0 Å². The number of aryl methyl sites for hydroxylation is 1. The van der Waals surface area contributed by atoms with Gasteiger partial charge in [-0.25, -0.2) is 0 Å². The van der Waals surface area contributed by atoms with Crippen molar-refractivity contribution in [1.82, 2.24) is 5.32 Å². The summed E-state index contributed by atoms with van der Waals surface area (Å²) in [6.45, 7) is 5.68. The lowest BCUT2D eigenvalue weighted by Crippen LogP contribution is -2.24. The van der Waals surface area contributed by atoms with Crippen LogP contribution in [0.3, 0.4) is 0 Å². The van der Waals surface area contributed by atoms with Crippen LogP contribution in [0, 0.1) is 5.92 Å². The second-order valence-electron chi connectivity index (χ2n) is 5.75. The van der Waals surface area contributed by atoms with Crippen molar-refractivity contribution < 1.29 is 0 Å². The van der Waals surface area contributed by atoms with Gasteiger partial charge >= 0.3 is 0 Å². The molecule has 1 nitrogen and oxygen atoms in total. The second kappa shape index (κ2) is 6.94. The van der Waals surface area contributed by atoms with Crippen LogP contribution in [0.5, 0.6) is 0 Å². The number of nitrogens with one attached hydrogen (secondary N) is 1. The Balaban J connectivity index is 1.74. The van der Waals surface area contributed by atoms with E-state index >= 15 is 0 Å². The third kappa shape index (κ3) is 3.84. The Morgan fingerprint density at radius 3 is 2.50 bits per heavy atom. The number of benzene rings is 1. The molecule has 1 saturated carbocycles. The fraction of sp³-hybridized carbons (Fsp3) is 0.647. The zero-order valence-electron chi connectivity index (χ0n) is 11.9. The molecule has 0 bridgehead atoms. The van der Waals surface area contributed by atoms with Gasteiger partial charge in [0.05, 0.1) is 0 Å². The maximum absolute atomic E-state index is 3.65. The summed E-state index contributed by atoms with van der Waals surface area (Å²) in [5.74, 6) is 1.01. The summed E-state index contributed by atoms with van der Waals surface area (Å²) in [5.41, 5.74) is 2.88. The molecule has 0 heterocycles. The van der Waals surface area contributed by atoms with Crippen LogP contribution in [0.15, 0.2) is 24.3 Å². The number of hydrogen-bond acceptors (Lipinski definition) is 1. The molecule has 0 amide bonds. The summed E-state index contributed by atoms with van der Waals surface area (Å²) in [6.07, 6.45) is 8.17. The lowest BCUT2D eigenvalue weighted by atomic mass is 9.83. The van der Waals surface area contributed by atoms with E-state index in [4.69, 9.17) is 0 Å². The van der Waals surface area contributed by atoms with E-state index in [-0.39, 0.29) is 0 Å². The van der Waals surface area contributed by atoms with Crippen LogP contribution < -0.4 is 5.32 Å². The van der Waals surface area contributed by atoms with Crippen LogP contribution in [0.1, 0.15) is 63.1 Å². The van der Waals surface area contributed by atoms with E-state index in [1.807, 2.05) is 0 Å². The van der Waals surface area contributed by atoms with Crippen molar-refractivity contribution in [1.29, 1.82) is 0 Å². The maximum Gasteiger partial charge on any atom is 0.0291 e. The summed E-state index contributed by atoms with van der Waals surface area (Å²) in [7, 11) is 0. The van der Waals surface area contributed by atoms with Gasteiger partial charge in [-0.05, 0) is 43.4 Å². The molecule has 1 heteroatoms. The first kappa shape index (κ1) is 13.6. The first-order valence-corrected chi connectivity index (χ1v) is 7.62. The van der Waals surface area contributed by atoms with E-state index in [9.17, 15) is 0 Å². The van der Waals surface area contributed by atoms with Crippen LogP contribution in [-0.2, 0) is 6.42 Å². The van der Waals surface area contributed by atoms with Crippen LogP contribution in [0.2, 0.25) is 0 Å². The third-order valence-electron chi connectivity index (χ3n) is 4.25. The molecule has 1 unspecified atom stereocenters. The minimum Gasteiger partial charge on any atom is -0.310 e. The molecule has 1 N–H and O–H groups in total. The average Bonchev–Trinajstić information content (AvgIpc) is 2.33. The molecule has 1 fully saturated rings. The van der Waals surface area contributed by atoms with Gasteiger partial charge in [0.15, 0.2) is 0 Å². The van der Waals surface area contributed by atoms with Gasteiger partial charge in [0, 0.05) is 6.04 Å². The molecule has 0 spiro atoms. The minimum atomic E-state index is 0.487. The highest BCUT2D eigenvalue weighted by atomic mass is 14.9. The zero-order valence-corrected chi connectivity index (χ0v) is 11.9. The quantitative estimate of drug-likeness (QED) is 0.747. The predicted molar refractivity (Wildman–Crippen MR) is 78.8 cm³/mol. The van der Waals surface area contributed by atoms with E-state index in [2.05, 4.69) is 43.4 Å². The van der Waals surface area contributed by atoms with Crippen molar-refractivity contribution in [2.24, 2.45) is 5.92 Å². The normalized spacial score (nSPS) is 17.4. The smallest absolute Gasteiger partial charge is 0.0291 e. The highest BCUT2D eigenvalue weighted by molar-refractivity contribution is 5.24. The molecule has 0 aromatic heterocycles. The van der Waals surface area contributed by atoms with E-state index in [0.717, 1.165) is 5.92 Å². The van der Waals surface area contributed by atoms with Gasteiger partial charge in [-0.1, -0.05) is 56.9 Å². The van der Waals surface area contributed by atoms with Crippen LogP contribution >= 0.6 is 0 Å². The molecule has 1 aliphatic rings. The lowest BCUT2D eigenvalue weighted by molar-refractivity contribution is 0.288. The molecule has 1 aliphatic carbocycles. The molecular weight excluding hydrogens is 218 g/mol. The monoisotopic (exact) mass is 245 g/mol. The van der Waals surface area contributed by atoms with Gasteiger partial charge in [-0.15, -0.1) is 0 Å². The van der Waals surface area contributed by atoms with E-state index in [1.165, 1.54) is 56.2 Å². The summed E-state index contributed by atoms with van der Waals surface area (Å²) in [6, 6.07) is 9.62. The molecule has 2 rings (SSSR count). The van der Waals surface area contributed by atoms with Crippen molar-refractivity contribution in [3.8, 4) is 0 Å². The highest BCUT2D eigenvalue weighted by Crippen LogP contribution is 2.29. The second-order valence-corrected chi connectivity index (χ2v) is 5.75. The maximum atomic E-state index is 3.65. The fourth-order valence-corrected chi connectivity index (χ4v) is 2.66. The van der Waals surface area contributed by atoms with Crippen molar-refractivity contribution in [3.63, 3.8) is 0 Å². The van der Waals surface area contributed by atoms with E-state index in [1.54, 1.807) is 0 Å². The topological polar surface area (TPSA) is 12.0 Å².